The van der Waals surface area contributed by atoms with Gasteiger partial charge in [-0.25, -0.2) is 0 Å². The first kappa shape index (κ1) is 24.6. The van der Waals surface area contributed by atoms with Gasteiger partial charge in [0.15, 0.2) is 0 Å². The SMILES string of the molecule is [B]c1c([B])c([B])c2c(c1[B])Oc1c([B])c(C)c([B])c3c1B2c1c([B])c(C(C)(C)C)c([B])c([B])c1O3. The van der Waals surface area contributed by atoms with Crippen molar-refractivity contribution in [2.75, 3.05) is 0 Å². The molecule has 0 N–H and O–H groups in total. The Kier molecular flexibility index (Phi) is 5.41. The fraction of sp³-hybridized carbons (Fsp3) is 0.217. The highest BCUT2D eigenvalue weighted by molar-refractivity contribution is 7.03. The lowest BCUT2D eigenvalue weighted by Gasteiger charge is -2.41. The van der Waals surface area contributed by atoms with Gasteiger partial charge in [-0.3, -0.25) is 0 Å². The first-order valence-electron chi connectivity index (χ1n) is 11.0. The van der Waals surface area contributed by atoms with Gasteiger partial charge in [0.05, 0.1) is 0 Å². The quantitative estimate of drug-likeness (QED) is 0.229. The van der Waals surface area contributed by atoms with Gasteiger partial charge in [0.1, 0.15) is 93.6 Å². The van der Waals surface area contributed by atoms with Crippen LogP contribution in [-0.4, -0.2) is 77.3 Å². The molecule has 0 aliphatic carbocycles. The van der Waals surface area contributed by atoms with E-state index in [1.54, 1.807) is 6.92 Å². The Morgan fingerprint density at radius 1 is 0.486 bits per heavy atom. The normalized spacial score (nSPS) is 13.4. The predicted octanol–water partition coefficient (Wildman–Crippen LogP) is -6.84. The van der Waals surface area contributed by atoms with E-state index in [4.69, 9.17) is 80.1 Å². The monoisotopic (exact) mass is 430 g/mol. The standard InChI is InChI=1S/C23H12B10O2/c1-5-7(24)19-18-20(8(5)25)35-22-15(32)12(29)11(28)13(30)17(22)33(18)16-10(27)6(23(2,3)4)9(26)14(31)21(16)34-19/h1-4H3. The average Bonchev–Trinajstić information content (AvgIpc) is 2.79. The van der Waals surface area contributed by atoms with Crippen LogP contribution in [0.5, 0.6) is 23.0 Å². The van der Waals surface area contributed by atoms with Crippen molar-refractivity contribution in [2.24, 2.45) is 0 Å². The minimum Gasteiger partial charge on any atom is -0.460 e. The van der Waals surface area contributed by atoms with Crippen molar-refractivity contribution >= 4 is 143 Å². The molecule has 0 atom stereocenters. The molecule has 12 heteroatoms. The number of rotatable bonds is 0. The molecule has 0 amide bonds. The summed E-state index contributed by atoms with van der Waals surface area (Å²) in [6, 6.07) is 0. The molecule has 0 bridgehead atoms. The van der Waals surface area contributed by atoms with Gasteiger partial charge >= 0.3 is 0 Å². The van der Waals surface area contributed by atoms with E-state index in [0.29, 0.717) is 60.9 Å². The zero-order chi connectivity index (χ0) is 25.9. The third-order valence-electron chi connectivity index (χ3n) is 7.07. The van der Waals surface area contributed by atoms with E-state index >= 15 is 0 Å². The van der Waals surface area contributed by atoms with E-state index in [1.807, 2.05) is 20.8 Å². The molecule has 146 valence electrons. The third kappa shape index (κ3) is 3.10. The number of benzene rings is 3. The van der Waals surface area contributed by atoms with Crippen molar-refractivity contribution in [1.82, 2.24) is 0 Å². The van der Waals surface area contributed by atoms with Gasteiger partial charge in [0.25, 0.3) is 6.71 Å². The molecule has 35 heavy (non-hydrogen) atoms. The zero-order valence-electron chi connectivity index (χ0n) is 20.1. The molecule has 0 saturated heterocycles. The molecular weight excluding hydrogens is 416 g/mol. The summed E-state index contributed by atoms with van der Waals surface area (Å²) in [5, 5.41) is 0. The van der Waals surface area contributed by atoms with Crippen LogP contribution in [-0.2, 0) is 5.41 Å². The van der Waals surface area contributed by atoms with Gasteiger partial charge in [-0.05, 0) is 23.3 Å². The predicted molar refractivity (Wildman–Crippen MR) is 156 cm³/mol. The highest BCUT2D eigenvalue weighted by atomic mass is 16.5. The molecule has 2 aliphatic rings. The van der Waals surface area contributed by atoms with Crippen LogP contribution in [0.4, 0.5) is 0 Å². The second-order valence-corrected chi connectivity index (χ2v) is 10.2. The molecule has 2 heterocycles. The Hall–Kier alpha value is -2.09. The maximum Gasteiger partial charge on any atom is 0.258 e. The third-order valence-corrected chi connectivity index (χ3v) is 7.07. The molecule has 3 aromatic carbocycles. The molecule has 18 radical (unpaired) electrons. The largest absolute Gasteiger partial charge is 0.460 e. The van der Waals surface area contributed by atoms with Crippen molar-refractivity contribution in [2.45, 2.75) is 33.1 Å². The molecule has 0 saturated carbocycles. The topological polar surface area (TPSA) is 18.5 Å². The van der Waals surface area contributed by atoms with E-state index in [-0.39, 0.29) is 38.8 Å². The second-order valence-electron chi connectivity index (χ2n) is 10.2. The Morgan fingerprint density at radius 3 is 1.37 bits per heavy atom. The Bertz CT molecular complexity index is 1440. The van der Waals surface area contributed by atoms with Crippen LogP contribution in [0.15, 0.2) is 0 Å². The molecule has 3 aromatic rings. The van der Waals surface area contributed by atoms with E-state index in [0.717, 1.165) is 0 Å². The summed E-state index contributed by atoms with van der Waals surface area (Å²) in [5.74, 6) is 1.19. The highest BCUT2D eigenvalue weighted by Gasteiger charge is 2.45. The summed E-state index contributed by atoms with van der Waals surface area (Å²) < 4.78 is 12.6. The number of fused-ring (bicyclic) bond motifs is 4. The summed E-state index contributed by atoms with van der Waals surface area (Å²) in [6.07, 6.45) is 0. The molecule has 0 aromatic heterocycles. The van der Waals surface area contributed by atoms with Crippen LogP contribution in [0.1, 0.15) is 31.9 Å². The van der Waals surface area contributed by atoms with Crippen molar-refractivity contribution in [3.05, 3.63) is 11.1 Å². The molecule has 0 fully saturated rings. The van der Waals surface area contributed by atoms with E-state index in [1.165, 1.54) is 0 Å². The maximum absolute atomic E-state index is 6.83. The lowest BCUT2D eigenvalue weighted by molar-refractivity contribution is 0.473. The summed E-state index contributed by atoms with van der Waals surface area (Å²) in [7, 11) is 58.1. The number of hydrogen-bond acceptors (Lipinski definition) is 2. The molecule has 5 rings (SSSR count). The molecule has 2 nitrogen and oxygen atoms in total. The van der Waals surface area contributed by atoms with Crippen LogP contribution in [0.2, 0.25) is 0 Å². The van der Waals surface area contributed by atoms with Crippen molar-refractivity contribution in [3.8, 4) is 23.0 Å². The minimum atomic E-state index is -0.660. The molecule has 2 aliphatic heterocycles. The molecular formula is C23H12B10O2. The van der Waals surface area contributed by atoms with E-state index in [9.17, 15) is 0 Å². The van der Waals surface area contributed by atoms with Gasteiger partial charge < -0.3 is 9.47 Å². The number of ether oxygens (including phenoxy) is 2. The Balaban J connectivity index is 2.03. The summed E-state index contributed by atoms with van der Waals surface area (Å²) in [5.41, 5.74) is 4.61. The first-order valence-corrected chi connectivity index (χ1v) is 11.0. The highest BCUT2D eigenvalue weighted by Crippen LogP contribution is 2.31. The van der Waals surface area contributed by atoms with Gasteiger partial charge in [-0.1, -0.05) is 64.7 Å². The fourth-order valence-corrected chi connectivity index (χ4v) is 5.23. The summed E-state index contributed by atoms with van der Waals surface area (Å²) >= 11 is 0. The van der Waals surface area contributed by atoms with E-state index < -0.39 is 12.1 Å². The lowest BCUT2D eigenvalue weighted by Crippen LogP contribution is -2.71. The summed E-state index contributed by atoms with van der Waals surface area (Å²) in [6.45, 7) is 7.08. The Morgan fingerprint density at radius 2 is 0.886 bits per heavy atom. The van der Waals surface area contributed by atoms with Crippen LogP contribution >= 0.6 is 0 Å². The van der Waals surface area contributed by atoms with Crippen LogP contribution < -0.4 is 75.0 Å². The van der Waals surface area contributed by atoms with E-state index in [2.05, 4.69) is 0 Å². The number of hydrogen-bond donors (Lipinski definition) is 0. The van der Waals surface area contributed by atoms with Crippen molar-refractivity contribution in [1.29, 1.82) is 0 Å². The maximum atomic E-state index is 6.83. The van der Waals surface area contributed by atoms with Crippen LogP contribution in [0.3, 0.4) is 0 Å². The molecule has 0 unspecified atom stereocenters. The summed E-state index contributed by atoms with van der Waals surface area (Å²) in [4.78, 5) is 0. The van der Waals surface area contributed by atoms with Gasteiger partial charge in [0, 0.05) is 5.46 Å². The average molecular weight is 428 g/mol. The van der Waals surface area contributed by atoms with Gasteiger partial charge in [-0.15, -0.1) is 16.4 Å². The van der Waals surface area contributed by atoms with Gasteiger partial charge in [0.2, 0.25) is 0 Å². The Labute approximate surface area is 219 Å². The smallest absolute Gasteiger partial charge is 0.258 e. The minimum absolute atomic E-state index is 0.114. The fourth-order valence-electron chi connectivity index (χ4n) is 5.23. The first-order chi connectivity index (χ1) is 16.2. The van der Waals surface area contributed by atoms with Crippen molar-refractivity contribution < 1.29 is 9.47 Å². The zero-order valence-corrected chi connectivity index (χ0v) is 20.1. The van der Waals surface area contributed by atoms with Crippen LogP contribution in [0, 0.1) is 6.92 Å². The van der Waals surface area contributed by atoms with Crippen LogP contribution in [0.25, 0.3) is 0 Å². The van der Waals surface area contributed by atoms with Gasteiger partial charge in [-0.2, -0.15) is 0 Å². The lowest BCUT2D eigenvalue weighted by atomic mass is 9.30. The van der Waals surface area contributed by atoms with Crippen molar-refractivity contribution in [3.63, 3.8) is 0 Å². The second kappa shape index (κ2) is 7.70. The molecule has 0 spiro atoms.